The highest BCUT2D eigenvalue weighted by Crippen LogP contribution is 2.27. The van der Waals surface area contributed by atoms with E-state index in [1.807, 2.05) is 0 Å². The summed E-state index contributed by atoms with van der Waals surface area (Å²) in [6.07, 6.45) is 27.1. The van der Waals surface area contributed by atoms with Crippen molar-refractivity contribution in [2.45, 2.75) is 319 Å². The van der Waals surface area contributed by atoms with Gasteiger partial charge >= 0.3 is 11.9 Å². The van der Waals surface area contributed by atoms with Gasteiger partial charge in [0.1, 0.15) is 55.4 Å². The molecule has 7 N–H and O–H groups in total. The highest BCUT2D eigenvalue weighted by molar-refractivity contribution is 5.70. The molecule has 0 radical (unpaired) electrons. The first-order chi connectivity index (χ1) is 34.5. The van der Waals surface area contributed by atoms with E-state index in [1.165, 1.54) is 173 Å². The molecule has 2 rings (SSSR count). The number of unbranched alkanes of at least 4 members (excludes halogenated alkanes) is 33. The van der Waals surface area contributed by atoms with Crippen LogP contribution in [0.2, 0.25) is 0 Å². The van der Waals surface area contributed by atoms with Crippen LogP contribution in [0.1, 0.15) is 251 Å². The summed E-state index contributed by atoms with van der Waals surface area (Å²) in [4.78, 5) is 25.8. The van der Waals surface area contributed by atoms with Crippen molar-refractivity contribution in [2.24, 2.45) is 0 Å². The first-order valence-electron chi connectivity index (χ1n) is 29.1. The molecular formula is C56H106O15. The van der Waals surface area contributed by atoms with Gasteiger partial charge in [-0.3, -0.25) is 9.59 Å². The van der Waals surface area contributed by atoms with Crippen molar-refractivity contribution in [1.29, 1.82) is 0 Å². The van der Waals surface area contributed by atoms with Crippen molar-refractivity contribution in [1.82, 2.24) is 0 Å². The number of aliphatic hydroxyl groups is 7. The predicted octanol–water partition coefficient (Wildman–Crippen LogP) is 9.56. The van der Waals surface area contributed by atoms with Gasteiger partial charge in [-0.05, 0) is 12.8 Å². The molecule has 71 heavy (non-hydrogen) atoms. The fourth-order valence-electron chi connectivity index (χ4n) is 9.57. The van der Waals surface area contributed by atoms with Crippen LogP contribution in [-0.4, -0.2) is 142 Å². The lowest BCUT2D eigenvalue weighted by Gasteiger charge is -2.42. The van der Waals surface area contributed by atoms with E-state index < -0.39 is 92.7 Å². The number of hydrogen-bond acceptors (Lipinski definition) is 15. The van der Waals surface area contributed by atoms with Crippen LogP contribution in [-0.2, 0) is 38.0 Å². The quantitative estimate of drug-likeness (QED) is 0.0222. The monoisotopic (exact) mass is 1020 g/mol. The zero-order chi connectivity index (χ0) is 51.7. The zero-order valence-corrected chi connectivity index (χ0v) is 44.7. The lowest BCUT2D eigenvalue weighted by molar-refractivity contribution is -0.332. The fourth-order valence-corrected chi connectivity index (χ4v) is 9.57. The van der Waals surface area contributed by atoms with E-state index in [1.54, 1.807) is 0 Å². The summed E-state index contributed by atoms with van der Waals surface area (Å²) in [5, 5.41) is 72.2. The van der Waals surface area contributed by atoms with Crippen LogP contribution in [0.4, 0.5) is 0 Å². The summed E-state index contributed by atoms with van der Waals surface area (Å²) in [5.41, 5.74) is 0. The summed E-state index contributed by atoms with van der Waals surface area (Å²) in [5.74, 6) is -0.906. The molecule has 0 aromatic carbocycles. The average Bonchev–Trinajstić information content (AvgIpc) is 3.36. The predicted molar refractivity (Wildman–Crippen MR) is 275 cm³/mol. The second-order valence-electron chi connectivity index (χ2n) is 20.8. The number of esters is 2. The van der Waals surface area contributed by atoms with Crippen molar-refractivity contribution in [2.75, 3.05) is 26.4 Å². The Labute approximate surface area is 429 Å². The van der Waals surface area contributed by atoms with Crippen LogP contribution >= 0.6 is 0 Å². The van der Waals surface area contributed by atoms with Gasteiger partial charge < -0.3 is 64.2 Å². The summed E-state index contributed by atoms with van der Waals surface area (Å²) >= 11 is 0. The van der Waals surface area contributed by atoms with Gasteiger partial charge in [0.05, 0.1) is 19.8 Å². The number of hydrogen-bond donors (Lipinski definition) is 7. The van der Waals surface area contributed by atoms with E-state index in [0.29, 0.717) is 12.8 Å². The van der Waals surface area contributed by atoms with E-state index in [-0.39, 0.29) is 26.1 Å². The van der Waals surface area contributed by atoms with E-state index in [2.05, 4.69) is 13.8 Å². The molecule has 0 aromatic heterocycles. The van der Waals surface area contributed by atoms with Crippen molar-refractivity contribution < 1.29 is 73.8 Å². The maximum atomic E-state index is 13.0. The highest BCUT2D eigenvalue weighted by Gasteiger charge is 2.47. The maximum absolute atomic E-state index is 13.0. The highest BCUT2D eigenvalue weighted by atomic mass is 16.7. The van der Waals surface area contributed by atoms with Crippen molar-refractivity contribution in [3.63, 3.8) is 0 Å². The molecule has 0 spiro atoms. The first kappa shape index (κ1) is 65.6. The van der Waals surface area contributed by atoms with E-state index in [4.69, 9.17) is 28.4 Å². The molecule has 2 fully saturated rings. The van der Waals surface area contributed by atoms with Crippen molar-refractivity contribution >= 4 is 11.9 Å². The third-order valence-corrected chi connectivity index (χ3v) is 14.3. The minimum absolute atomic E-state index is 0.173. The lowest BCUT2D eigenvalue weighted by atomic mass is 9.98. The molecular weight excluding hydrogens is 913 g/mol. The van der Waals surface area contributed by atoms with Gasteiger partial charge in [0.15, 0.2) is 18.7 Å². The topological polar surface area (TPSA) is 231 Å². The van der Waals surface area contributed by atoms with E-state index in [9.17, 15) is 45.3 Å². The smallest absolute Gasteiger partial charge is 0.306 e. The lowest BCUT2D eigenvalue weighted by Crippen LogP contribution is -2.61. The van der Waals surface area contributed by atoms with Gasteiger partial charge in [0.25, 0.3) is 0 Å². The van der Waals surface area contributed by atoms with Crippen LogP contribution in [0.25, 0.3) is 0 Å². The molecule has 11 atom stereocenters. The van der Waals surface area contributed by atoms with Crippen LogP contribution in [0.3, 0.4) is 0 Å². The molecule has 15 heteroatoms. The molecule has 2 aliphatic rings. The van der Waals surface area contributed by atoms with Crippen molar-refractivity contribution in [3.05, 3.63) is 0 Å². The maximum Gasteiger partial charge on any atom is 0.306 e. The first-order valence-corrected chi connectivity index (χ1v) is 29.1. The Balaban J connectivity index is 1.70. The Morgan fingerprint density at radius 3 is 1.10 bits per heavy atom. The number of rotatable bonds is 47. The van der Waals surface area contributed by atoms with Gasteiger partial charge in [-0.15, -0.1) is 0 Å². The molecule has 2 aliphatic heterocycles. The normalized spacial score (nSPS) is 25.1. The standard InChI is InChI=1S/C56H106O15/c1-3-5-7-9-11-13-15-17-18-19-20-21-22-23-24-25-26-27-29-30-32-34-36-38-47(58)66-41-44(69-48(59)39-37-35-33-31-28-16-14-12-10-8-6-4-2)42-67-55-54(65)52(63)50(61)46(71-55)43-68-56-53(64)51(62)49(60)45(40-57)70-56/h44-46,49-57,60-65H,3-43H2,1-2H3/t44-,45+,46+,49-,50-,51?,52?,53?,54?,55+,56+/m0/s1. The molecule has 0 saturated carbocycles. The van der Waals surface area contributed by atoms with Gasteiger partial charge in [0.2, 0.25) is 0 Å². The number of aliphatic hydroxyl groups excluding tert-OH is 7. The molecule has 4 unspecified atom stereocenters. The largest absolute Gasteiger partial charge is 0.462 e. The Morgan fingerprint density at radius 2 is 0.718 bits per heavy atom. The van der Waals surface area contributed by atoms with Gasteiger partial charge in [-0.2, -0.15) is 0 Å². The Kier molecular flexibility index (Phi) is 40.4. The van der Waals surface area contributed by atoms with E-state index in [0.717, 1.165) is 38.5 Å². The minimum atomic E-state index is -1.76. The summed E-state index contributed by atoms with van der Waals surface area (Å²) in [7, 11) is 0. The Bertz CT molecular complexity index is 1240. The average molecular weight is 1020 g/mol. The molecule has 2 heterocycles. The molecule has 2 saturated heterocycles. The fraction of sp³-hybridized carbons (Fsp3) is 0.964. The van der Waals surface area contributed by atoms with Crippen LogP contribution in [0, 0.1) is 0 Å². The Hall–Kier alpha value is -1.50. The SMILES string of the molecule is CCCCCCCCCCCCCCCCCCCCCCCCCC(=O)OC[C@@H](CO[C@@H]1O[C@H](CO[C@@H]2O[C@H](CO)[C@H](O)C(O)C2O)[C@H](O)C(O)C1O)OC(=O)CCCCCCCCCCCCCC. The molecule has 420 valence electrons. The van der Waals surface area contributed by atoms with Crippen LogP contribution < -0.4 is 0 Å². The van der Waals surface area contributed by atoms with E-state index >= 15 is 0 Å². The Morgan fingerprint density at radius 1 is 0.394 bits per heavy atom. The number of carbonyl (C=O) groups excluding carboxylic acids is 2. The molecule has 0 aromatic rings. The summed E-state index contributed by atoms with van der Waals surface area (Å²) < 4.78 is 33.7. The van der Waals surface area contributed by atoms with Crippen LogP contribution in [0.5, 0.6) is 0 Å². The third kappa shape index (κ3) is 31.2. The zero-order valence-electron chi connectivity index (χ0n) is 44.7. The van der Waals surface area contributed by atoms with Gasteiger partial charge in [0, 0.05) is 12.8 Å². The van der Waals surface area contributed by atoms with Crippen molar-refractivity contribution in [3.8, 4) is 0 Å². The third-order valence-electron chi connectivity index (χ3n) is 14.3. The molecule has 0 aliphatic carbocycles. The second kappa shape index (κ2) is 43.7. The number of carbonyl (C=O) groups is 2. The van der Waals surface area contributed by atoms with Crippen LogP contribution in [0.15, 0.2) is 0 Å². The minimum Gasteiger partial charge on any atom is -0.462 e. The van der Waals surface area contributed by atoms with Gasteiger partial charge in [-0.25, -0.2) is 0 Å². The molecule has 15 nitrogen and oxygen atoms in total. The number of ether oxygens (including phenoxy) is 6. The summed E-state index contributed by atoms with van der Waals surface area (Å²) in [6, 6.07) is 0. The summed E-state index contributed by atoms with van der Waals surface area (Å²) in [6.45, 7) is 2.64. The van der Waals surface area contributed by atoms with Gasteiger partial charge in [-0.1, -0.05) is 226 Å². The second-order valence-corrected chi connectivity index (χ2v) is 20.8. The molecule has 0 amide bonds. The molecule has 0 bridgehead atoms.